The van der Waals surface area contributed by atoms with Gasteiger partial charge >= 0.3 is 0 Å². The standard InChI is InChI=1S/C19H17ClFN3O2/c1-26-15-8-6-13(7-9-15)11-24-12-16(19(20)23-25)18(22-24)10-14-4-2-3-5-17(14)21/h2-9,12,19H,10-11H2,1H3. The van der Waals surface area contributed by atoms with E-state index in [9.17, 15) is 9.30 Å². The Bertz CT molecular complexity index is 896. The predicted octanol–water partition coefficient (Wildman–Crippen LogP) is 4.67. The van der Waals surface area contributed by atoms with Crippen molar-refractivity contribution in [2.24, 2.45) is 5.18 Å². The zero-order valence-corrected chi connectivity index (χ0v) is 14.9. The molecular weight excluding hydrogens is 357 g/mol. The SMILES string of the molecule is COc1ccc(Cn2cc(C(Cl)N=O)c(Cc3ccccc3F)n2)cc1. The largest absolute Gasteiger partial charge is 0.497 e. The number of methoxy groups -OCH3 is 1. The normalized spacial score (nSPS) is 12.0. The summed E-state index contributed by atoms with van der Waals surface area (Å²) in [5.41, 5.74) is 1.43. The molecule has 7 heteroatoms. The molecule has 1 heterocycles. The van der Waals surface area contributed by atoms with Gasteiger partial charge in [-0.15, -0.1) is 4.91 Å². The number of nitroso groups, excluding NO2 is 1. The van der Waals surface area contributed by atoms with E-state index in [-0.39, 0.29) is 12.2 Å². The van der Waals surface area contributed by atoms with Crippen LogP contribution in [0.1, 0.15) is 27.9 Å². The van der Waals surface area contributed by atoms with Gasteiger partial charge in [-0.2, -0.15) is 5.10 Å². The summed E-state index contributed by atoms with van der Waals surface area (Å²) in [6.07, 6.45) is 1.91. The van der Waals surface area contributed by atoms with E-state index in [0.717, 1.165) is 11.3 Å². The van der Waals surface area contributed by atoms with Gasteiger partial charge in [-0.3, -0.25) is 4.68 Å². The number of ether oxygens (including phenoxy) is 1. The Morgan fingerprint density at radius 3 is 2.62 bits per heavy atom. The maximum atomic E-state index is 14.0. The van der Waals surface area contributed by atoms with E-state index in [2.05, 4.69) is 10.3 Å². The molecule has 1 atom stereocenters. The van der Waals surface area contributed by atoms with Gasteiger partial charge < -0.3 is 4.74 Å². The maximum absolute atomic E-state index is 14.0. The van der Waals surface area contributed by atoms with Crippen LogP contribution in [0.5, 0.6) is 5.75 Å². The third-order valence-electron chi connectivity index (χ3n) is 4.04. The van der Waals surface area contributed by atoms with Crippen molar-refractivity contribution in [1.82, 2.24) is 9.78 Å². The number of nitrogens with zero attached hydrogens (tertiary/aromatic N) is 3. The first-order chi connectivity index (χ1) is 12.6. The van der Waals surface area contributed by atoms with Crippen molar-refractivity contribution in [2.45, 2.75) is 18.5 Å². The molecule has 0 aliphatic rings. The van der Waals surface area contributed by atoms with Crippen molar-refractivity contribution in [1.29, 1.82) is 0 Å². The molecule has 0 spiro atoms. The molecule has 0 aliphatic carbocycles. The molecule has 1 aromatic heterocycles. The Labute approximate surface area is 155 Å². The summed E-state index contributed by atoms with van der Waals surface area (Å²) >= 11 is 6.01. The first-order valence-corrected chi connectivity index (χ1v) is 8.43. The number of aromatic nitrogens is 2. The van der Waals surface area contributed by atoms with Crippen LogP contribution in [0, 0.1) is 10.7 Å². The molecule has 0 amide bonds. The lowest BCUT2D eigenvalue weighted by atomic mass is 10.1. The molecule has 134 valence electrons. The molecule has 2 aromatic carbocycles. The molecule has 5 nitrogen and oxygen atoms in total. The first-order valence-electron chi connectivity index (χ1n) is 8.00. The van der Waals surface area contributed by atoms with E-state index in [0.29, 0.717) is 23.4 Å². The third-order valence-corrected chi connectivity index (χ3v) is 4.35. The second-order valence-corrected chi connectivity index (χ2v) is 6.20. The summed E-state index contributed by atoms with van der Waals surface area (Å²) in [7, 11) is 1.61. The first kappa shape index (κ1) is 18.1. The van der Waals surface area contributed by atoms with Gasteiger partial charge in [0.1, 0.15) is 11.6 Å². The Balaban J connectivity index is 1.88. The molecule has 1 unspecified atom stereocenters. The number of hydrogen-bond acceptors (Lipinski definition) is 4. The summed E-state index contributed by atoms with van der Waals surface area (Å²) in [6.45, 7) is 0.483. The summed E-state index contributed by atoms with van der Waals surface area (Å²) in [5.74, 6) is 0.439. The number of alkyl halides is 1. The van der Waals surface area contributed by atoms with E-state index in [1.54, 1.807) is 36.2 Å². The van der Waals surface area contributed by atoms with Gasteiger partial charge in [0.25, 0.3) is 0 Å². The molecule has 0 N–H and O–H groups in total. The fourth-order valence-electron chi connectivity index (χ4n) is 2.69. The number of halogens is 2. The zero-order valence-electron chi connectivity index (χ0n) is 14.1. The fraction of sp³-hybridized carbons (Fsp3) is 0.211. The lowest BCUT2D eigenvalue weighted by Crippen LogP contribution is -2.02. The van der Waals surface area contributed by atoms with Gasteiger partial charge in [-0.25, -0.2) is 4.39 Å². The molecule has 0 radical (unpaired) electrons. The minimum Gasteiger partial charge on any atom is -0.497 e. The van der Waals surface area contributed by atoms with E-state index >= 15 is 0 Å². The highest BCUT2D eigenvalue weighted by Gasteiger charge is 2.19. The van der Waals surface area contributed by atoms with Crippen LogP contribution in [-0.4, -0.2) is 16.9 Å². The Hall–Kier alpha value is -2.73. The van der Waals surface area contributed by atoms with Crippen molar-refractivity contribution in [3.63, 3.8) is 0 Å². The van der Waals surface area contributed by atoms with Gasteiger partial charge in [0.05, 0.1) is 19.3 Å². The highest BCUT2D eigenvalue weighted by atomic mass is 35.5. The minimum absolute atomic E-state index is 0.232. The minimum atomic E-state index is -1.07. The topological polar surface area (TPSA) is 56.5 Å². The Kier molecular flexibility index (Phi) is 5.63. The van der Waals surface area contributed by atoms with E-state index in [4.69, 9.17) is 16.3 Å². The Morgan fingerprint density at radius 2 is 1.96 bits per heavy atom. The van der Waals surface area contributed by atoms with Crippen molar-refractivity contribution in [2.75, 3.05) is 7.11 Å². The molecule has 0 bridgehead atoms. The lowest BCUT2D eigenvalue weighted by molar-refractivity contribution is 0.414. The quantitative estimate of drug-likeness (QED) is 0.343. The van der Waals surface area contributed by atoms with Crippen LogP contribution in [0.2, 0.25) is 0 Å². The maximum Gasteiger partial charge on any atom is 0.193 e. The van der Waals surface area contributed by atoms with Gasteiger partial charge in [-0.05, 0) is 34.5 Å². The predicted molar refractivity (Wildman–Crippen MR) is 97.9 cm³/mol. The van der Waals surface area contributed by atoms with Crippen LogP contribution in [0.15, 0.2) is 59.9 Å². The van der Waals surface area contributed by atoms with Gasteiger partial charge in [-0.1, -0.05) is 41.9 Å². The fourth-order valence-corrected chi connectivity index (χ4v) is 2.87. The van der Waals surface area contributed by atoms with Crippen molar-refractivity contribution in [3.05, 3.63) is 87.8 Å². The second-order valence-electron chi connectivity index (χ2n) is 5.79. The molecule has 26 heavy (non-hydrogen) atoms. The summed E-state index contributed by atoms with van der Waals surface area (Å²) in [4.78, 5) is 10.9. The van der Waals surface area contributed by atoms with Crippen LogP contribution in [0.25, 0.3) is 0 Å². The van der Waals surface area contributed by atoms with Crippen molar-refractivity contribution >= 4 is 11.6 Å². The Morgan fingerprint density at radius 1 is 1.23 bits per heavy atom. The molecule has 0 aliphatic heterocycles. The summed E-state index contributed by atoms with van der Waals surface area (Å²) < 4.78 is 20.8. The molecule has 3 rings (SSSR count). The lowest BCUT2D eigenvalue weighted by Gasteiger charge is -2.04. The molecule has 0 saturated heterocycles. The zero-order chi connectivity index (χ0) is 18.5. The third kappa shape index (κ3) is 4.08. The monoisotopic (exact) mass is 373 g/mol. The smallest absolute Gasteiger partial charge is 0.193 e. The average molecular weight is 374 g/mol. The highest BCUT2D eigenvalue weighted by Crippen LogP contribution is 2.27. The van der Waals surface area contributed by atoms with Crippen molar-refractivity contribution < 1.29 is 9.13 Å². The van der Waals surface area contributed by atoms with Crippen LogP contribution in [0.4, 0.5) is 4.39 Å². The second kappa shape index (κ2) is 8.10. The molecule has 0 saturated carbocycles. The van der Waals surface area contributed by atoms with Gasteiger partial charge in [0.15, 0.2) is 5.50 Å². The highest BCUT2D eigenvalue weighted by molar-refractivity contribution is 6.20. The number of rotatable bonds is 7. The van der Waals surface area contributed by atoms with Gasteiger partial charge in [0.2, 0.25) is 0 Å². The van der Waals surface area contributed by atoms with Crippen LogP contribution in [0.3, 0.4) is 0 Å². The van der Waals surface area contributed by atoms with Crippen molar-refractivity contribution in [3.8, 4) is 5.75 Å². The van der Waals surface area contributed by atoms with E-state index in [1.165, 1.54) is 6.07 Å². The summed E-state index contributed by atoms with van der Waals surface area (Å²) in [6, 6.07) is 14.0. The summed E-state index contributed by atoms with van der Waals surface area (Å²) in [5, 5.41) is 7.37. The molecule has 3 aromatic rings. The average Bonchev–Trinajstić information content (AvgIpc) is 3.06. The van der Waals surface area contributed by atoms with Crippen LogP contribution in [-0.2, 0) is 13.0 Å². The van der Waals surface area contributed by atoms with Crippen LogP contribution >= 0.6 is 11.6 Å². The number of hydrogen-bond donors (Lipinski definition) is 0. The van der Waals surface area contributed by atoms with Gasteiger partial charge in [0, 0.05) is 18.2 Å². The van der Waals surface area contributed by atoms with Crippen LogP contribution < -0.4 is 4.74 Å². The number of benzene rings is 2. The van der Waals surface area contributed by atoms with E-state index in [1.807, 2.05) is 24.3 Å². The molecule has 0 fully saturated rings. The van der Waals surface area contributed by atoms with E-state index < -0.39 is 5.50 Å². The molecular formula is C19H17ClFN3O2.